The van der Waals surface area contributed by atoms with Crippen LogP contribution in [0, 0.1) is 11.3 Å². The molecule has 2 aromatic heterocycles. The largest absolute Gasteiger partial charge is 0.496 e. The van der Waals surface area contributed by atoms with Crippen LogP contribution in [-0.4, -0.2) is 42.1 Å². The number of amides is 2. The number of aromatic nitrogens is 1. The molecule has 186 valence electrons. The van der Waals surface area contributed by atoms with E-state index >= 15 is 0 Å². The van der Waals surface area contributed by atoms with Crippen LogP contribution in [0.5, 0.6) is 5.75 Å². The molecule has 3 heterocycles. The number of methoxy groups -OCH3 is 1. The van der Waals surface area contributed by atoms with E-state index in [1.807, 2.05) is 43.3 Å². The number of hydrogen-bond acceptors (Lipinski definition) is 7. The summed E-state index contributed by atoms with van der Waals surface area (Å²) in [7, 11) is 1.61. The van der Waals surface area contributed by atoms with E-state index < -0.39 is 0 Å². The molecule has 0 spiro atoms. The Morgan fingerprint density at radius 2 is 2.11 bits per heavy atom. The number of nitrogens with zero attached hydrogens (tertiary/aromatic N) is 3. The van der Waals surface area contributed by atoms with Crippen LogP contribution in [0.4, 0.5) is 9.80 Å². The number of benzene rings is 1. The molecule has 0 saturated carbocycles. The first-order valence-electron chi connectivity index (χ1n) is 11.8. The molecule has 2 amide bonds. The van der Waals surface area contributed by atoms with Crippen LogP contribution in [0.3, 0.4) is 0 Å². The van der Waals surface area contributed by atoms with Gasteiger partial charge in [0.05, 0.1) is 25.8 Å². The molecule has 1 aromatic carbocycles. The van der Waals surface area contributed by atoms with Gasteiger partial charge in [-0.15, -0.1) is 11.3 Å². The minimum atomic E-state index is -0.382. The SMILES string of the molecule is COc1ccccc1C(C)CC(=O)Nc1sc2c(c1C#N)CCN(C(=O)OCCc1cccnc1)C2. The first-order chi connectivity index (χ1) is 17.5. The topological polar surface area (TPSA) is 105 Å². The van der Waals surface area contributed by atoms with Gasteiger partial charge in [0.15, 0.2) is 0 Å². The molecule has 1 aliphatic heterocycles. The molecular weight excluding hydrogens is 476 g/mol. The van der Waals surface area contributed by atoms with Gasteiger partial charge in [0.25, 0.3) is 0 Å². The van der Waals surface area contributed by atoms with Gasteiger partial charge in [-0.05, 0) is 41.2 Å². The summed E-state index contributed by atoms with van der Waals surface area (Å²) in [5.41, 5.74) is 3.34. The van der Waals surface area contributed by atoms with Gasteiger partial charge >= 0.3 is 6.09 Å². The number of carbonyl (C=O) groups excluding carboxylic acids is 2. The van der Waals surface area contributed by atoms with Gasteiger partial charge in [-0.25, -0.2) is 4.79 Å². The molecule has 0 aliphatic carbocycles. The minimum Gasteiger partial charge on any atom is -0.496 e. The normalized spacial score (nSPS) is 13.3. The lowest BCUT2D eigenvalue weighted by molar-refractivity contribution is -0.116. The smallest absolute Gasteiger partial charge is 0.410 e. The van der Waals surface area contributed by atoms with Crippen molar-refractivity contribution in [3.63, 3.8) is 0 Å². The maximum atomic E-state index is 12.8. The second-order valence-electron chi connectivity index (χ2n) is 8.61. The molecule has 36 heavy (non-hydrogen) atoms. The Bertz CT molecular complexity index is 1270. The van der Waals surface area contributed by atoms with Gasteiger partial charge in [0.2, 0.25) is 5.91 Å². The van der Waals surface area contributed by atoms with Gasteiger partial charge in [-0.3, -0.25) is 9.78 Å². The standard InChI is InChI=1S/C27H28N4O4S/c1-18(20-7-3-4-8-23(20)34-2)14-25(32)30-26-22(15-28)21-9-12-31(17-24(21)36-26)27(33)35-13-10-19-6-5-11-29-16-19/h3-8,11,16,18H,9-10,12-14,17H2,1-2H3,(H,30,32). The highest BCUT2D eigenvalue weighted by molar-refractivity contribution is 7.16. The van der Waals surface area contributed by atoms with Crippen LogP contribution in [-0.2, 0) is 28.9 Å². The van der Waals surface area contributed by atoms with Crippen LogP contribution in [0.2, 0.25) is 0 Å². The lowest BCUT2D eigenvalue weighted by Gasteiger charge is -2.26. The van der Waals surface area contributed by atoms with Crippen LogP contribution in [0.15, 0.2) is 48.8 Å². The number of anilines is 1. The maximum Gasteiger partial charge on any atom is 0.410 e. The molecule has 1 aliphatic rings. The van der Waals surface area contributed by atoms with Crippen molar-refractivity contribution in [2.24, 2.45) is 0 Å². The maximum absolute atomic E-state index is 12.8. The Balaban J connectivity index is 1.36. The zero-order chi connectivity index (χ0) is 25.5. The third kappa shape index (κ3) is 5.83. The number of rotatable bonds is 8. The van der Waals surface area contributed by atoms with E-state index in [-0.39, 0.29) is 30.9 Å². The summed E-state index contributed by atoms with van der Waals surface area (Å²) >= 11 is 1.35. The van der Waals surface area contributed by atoms with Gasteiger partial charge in [-0.2, -0.15) is 5.26 Å². The van der Waals surface area contributed by atoms with Crippen molar-refractivity contribution in [1.82, 2.24) is 9.88 Å². The summed E-state index contributed by atoms with van der Waals surface area (Å²) in [6, 6.07) is 13.7. The van der Waals surface area contributed by atoms with Gasteiger partial charge in [-0.1, -0.05) is 31.2 Å². The summed E-state index contributed by atoms with van der Waals surface area (Å²) in [6.45, 7) is 3.06. The Morgan fingerprint density at radius 3 is 2.86 bits per heavy atom. The molecule has 4 rings (SSSR count). The van der Waals surface area contributed by atoms with E-state index in [9.17, 15) is 14.9 Å². The van der Waals surface area contributed by atoms with Gasteiger partial charge < -0.3 is 19.7 Å². The van der Waals surface area contributed by atoms with E-state index in [0.717, 1.165) is 27.3 Å². The number of ether oxygens (including phenoxy) is 2. The van der Waals surface area contributed by atoms with Crippen molar-refractivity contribution in [3.8, 4) is 11.8 Å². The first-order valence-corrected chi connectivity index (χ1v) is 12.6. The van der Waals surface area contributed by atoms with Crippen molar-refractivity contribution in [2.75, 3.05) is 25.6 Å². The van der Waals surface area contributed by atoms with Crippen molar-refractivity contribution >= 4 is 28.3 Å². The van der Waals surface area contributed by atoms with E-state index in [2.05, 4.69) is 16.4 Å². The molecule has 1 atom stereocenters. The molecule has 0 fully saturated rings. The highest BCUT2D eigenvalue weighted by atomic mass is 32.1. The van der Waals surface area contributed by atoms with Crippen LogP contribution < -0.4 is 10.1 Å². The molecule has 1 unspecified atom stereocenters. The van der Waals surface area contributed by atoms with Crippen LogP contribution in [0.1, 0.15) is 46.4 Å². The van der Waals surface area contributed by atoms with Gasteiger partial charge in [0.1, 0.15) is 16.8 Å². The first kappa shape index (κ1) is 25.2. The summed E-state index contributed by atoms with van der Waals surface area (Å²) in [5, 5.41) is 13.2. The predicted molar refractivity (Wildman–Crippen MR) is 137 cm³/mol. The fraction of sp³-hybridized carbons (Fsp3) is 0.333. The molecule has 0 saturated heterocycles. The van der Waals surface area contributed by atoms with E-state index in [0.29, 0.717) is 36.5 Å². The zero-order valence-electron chi connectivity index (χ0n) is 20.3. The highest BCUT2D eigenvalue weighted by Gasteiger charge is 2.28. The number of fused-ring (bicyclic) bond motifs is 1. The Morgan fingerprint density at radius 1 is 1.28 bits per heavy atom. The third-order valence-corrected chi connectivity index (χ3v) is 7.31. The average Bonchev–Trinajstić information content (AvgIpc) is 3.24. The highest BCUT2D eigenvalue weighted by Crippen LogP contribution is 2.37. The van der Waals surface area contributed by atoms with Crippen molar-refractivity contribution in [3.05, 3.63) is 75.9 Å². The van der Waals surface area contributed by atoms with Gasteiger partial charge in [0, 0.05) is 36.7 Å². The monoisotopic (exact) mass is 504 g/mol. The predicted octanol–water partition coefficient (Wildman–Crippen LogP) is 4.89. The van der Waals surface area contributed by atoms with E-state index in [1.54, 1.807) is 24.4 Å². The molecule has 1 N–H and O–H groups in total. The van der Waals surface area contributed by atoms with E-state index in [4.69, 9.17) is 9.47 Å². The molecule has 3 aromatic rings. The summed E-state index contributed by atoms with van der Waals surface area (Å²) in [6.07, 6.45) is 4.47. The quantitative estimate of drug-likeness (QED) is 0.468. The number of carbonyl (C=O) groups is 2. The fourth-order valence-corrected chi connectivity index (χ4v) is 5.53. The lowest BCUT2D eigenvalue weighted by atomic mass is 9.96. The number of hydrogen-bond donors (Lipinski definition) is 1. The zero-order valence-corrected chi connectivity index (χ0v) is 21.1. The molecule has 9 heteroatoms. The van der Waals surface area contributed by atoms with Crippen LogP contribution in [0.25, 0.3) is 0 Å². The molecule has 0 radical (unpaired) electrons. The molecule has 0 bridgehead atoms. The van der Waals surface area contributed by atoms with Crippen molar-refractivity contribution < 1.29 is 19.1 Å². The summed E-state index contributed by atoms with van der Waals surface area (Å²) < 4.78 is 10.9. The average molecular weight is 505 g/mol. The van der Waals surface area contributed by atoms with Crippen molar-refractivity contribution in [2.45, 2.75) is 38.6 Å². The Kier molecular flexibility index (Phi) is 8.18. The second-order valence-corrected chi connectivity index (χ2v) is 9.72. The number of nitriles is 1. The van der Waals surface area contributed by atoms with E-state index in [1.165, 1.54) is 11.3 Å². The number of pyridine rings is 1. The van der Waals surface area contributed by atoms with Crippen LogP contribution >= 0.6 is 11.3 Å². The van der Waals surface area contributed by atoms with Crippen molar-refractivity contribution in [1.29, 1.82) is 5.26 Å². The number of nitrogens with one attached hydrogen (secondary N) is 1. The summed E-state index contributed by atoms with van der Waals surface area (Å²) in [5.74, 6) is 0.517. The summed E-state index contributed by atoms with van der Waals surface area (Å²) in [4.78, 5) is 32.0. The Labute approximate surface area is 214 Å². The molecular formula is C27H28N4O4S. The Hall–Kier alpha value is -3.90. The third-order valence-electron chi connectivity index (χ3n) is 6.18. The molecule has 8 nitrogen and oxygen atoms in total. The minimum absolute atomic E-state index is 0.0572. The number of thiophene rings is 1. The lowest BCUT2D eigenvalue weighted by Crippen LogP contribution is -2.36. The number of para-hydroxylation sites is 1. The fourth-order valence-electron chi connectivity index (χ4n) is 4.30. The second kappa shape index (κ2) is 11.7.